The highest BCUT2D eigenvalue weighted by atomic mass is 32.2. The predicted octanol–water partition coefficient (Wildman–Crippen LogP) is 4.58. The maximum absolute atomic E-state index is 12.4. The van der Waals surface area contributed by atoms with Crippen molar-refractivity contribution >= 4 is 34.3 Å². The van der Waals surface area contributed by atoms with E-state index in [2.05, 4.69) is 9.97 Å². The summed E-state index contributed by atoms with van der Waals surface area (Å²) in [6.45, 7) is 0.687. The van der Waals surface area contributed by atoms with E-state index in [0.29, 0.717) is 18.2 Å². The second kappa shape index (κ2) is 8.28. The number of imidazole rings is 1. The molecule has 4 aromatic rings. The molecule has 0 saturated carbocycles. The molecule has 3 aromatic heterocycles. The van der Waals surface area contributed by atoms with Gasteiger partial charge in [0.1, 0.15) is 12.0 Å². The van der Waals surface area contributed by atoms with E-state index in [1.54, 1.807) is 30.1 Å². The average Bonchev–Trinajstić information content (AvgIpc) is 3.47. The number of rotatable bonds is 7. The molecule has 0 radical (unpaired) electrons. The number of oxazole rings is 1. The number of thiophene rings is 1. The van der Waals surface area contributed by atoms with Crippen LogP contribution in [0.3, 0.4) is 0 Å². The van der Waals surface area contributed by atoms with Crippen LogP contribution in [-0.2, 0) is 17.3 Å². The Kier molecular flexibility index (Phi) is 5.41. The van der Waals surface area contributed by atoms with Crippen molar-refractivity contribution in [1.29, 1.82) is 0 Å². The third-order valence-electron chi connectivity index (χ3n) is 3.94. The zero-order chi connectivity index (χ0) is 18.5. The first-order valence-electron chi connectivity index (χ1n) is 8.39. The molecule has 0 aliphatic heterocycles. The van der Waals surface area contributed by atoms with Crippen LogP contribution in [0.5, 0.6) is 0 Å². The van der Waals surface area contributed by atoms with E-state index in [0.717, 1.165) is 21.0 Å². The summed E-state index contributed by atoms with van der Waals surface area (Å²) in [4.78, 5) is 10.3. The van der Waals surface area contributed by atoms with E-state index in [1.807, 2.05) is 64.7 Å². The van der Waals surface area contributed by atoms with E-state index >= 15 is 0 Å². The minimum Gasteiger partial charge on any atom is -0.443 e. The van der Waals surface area contributed by atoms with Gasteiger partial charge in [-0.15, -0.1) is 11.3 Å². The Morgan fingerprint density at radius 3 is 2.81 bits per heavy atom. The van der Waals surface area contributed by atoms with Crippen LogP contribution in [0.1, 0.15) is 11.3 Å². The van der Waals surface area contributed by atoms with Gasteiger partial charge in [0.15, 0.2) is 0 Å². The van der Waals surface area contributed by atoms with Gasteiger partial charge in [0, 0.05) is 29.6 Å². The minimum absolute atomic E-state index is 0.565. The summed E-state index contributed by atoms with van der Waals surface area (Å²) in [5.74, 6) is 1.20. The number of hydrogen-bond donors (Lipinski definition) is 0. The van der Waals surface area contributed by atoms with Crippen LogP contribution in [0.25, 0.3) is 22.9 Å². The summed E-state index contributed by atoms with van der Waals surface area (Å²) in [6, 6.07) is 11.7. The van der Waals surface area contributed by atoms with Crippen molar-refractivity contribution in [3.8, 4) is 10.8 Å². The fourth-order valence-corrected chi connectivity index (χ4v) is 4.22. The largest absolute Gasteiger partial charge is 0.443 e. The molecule has 4 rings (SSSR count). The van der Waals surface area contributed by atoms with Gasteiger partial charge in [0.2, 0.25) is 5.89 Å². The molecule has 5 nitrogen and oxygen atoms in total. The van der Waals surface area contributed by atoms with Crippen molar-refractivity contribution in [3.05, 3.63) is 78.0 Å². The topological polar surface area (TPSA) is 60.9 Å². The molecular weight excluding hydrogens is 378 g/mol. The first-order valence-corrected chi connectivity index (χ1v) is 10.6. The molecule has 1 unspecified atom stereocenters. The first kappa shape index (κ1) is 17.6. The second-order valence-electron chi connectivity index (χ2n) is 5.81. The van der Waals surface area contributed by atoms with E-state index < -0.39 is 10.8 Å². The molecule has 3 heterocycles. The zero-order valence-electron chi connectivity index (χ0n) is 14.4. The Bertz CT molecular complexity index is 1030. The van der Waals surface area contributed by atoms with Gasteiger partial charge in [-0.1, -0.05) is 24.3 Å². The Morgan fingerprint density at radius 2 is 2.07 bits per heavy atom. The van der Waals surface area contributed by atoms with Gasteiger partial charge >= 0.3 is 0 Å². The van der Waals surface area contributed by atoms with E-state index in [9.17, 15) is 4.21 Å². The number of benzene rings is 1. The predicted molar refractivity (Wildman–Crippen MR) is 109 cm³/mol. The molecule has 7 heteroatoms. The molecular formula is C20H17N3O2S2. The minimum atomic E-state index is -1.03. The molecule has 1 atom stereocenters. The average molecular weight is 396 g/mol. The summed E-state index contributed by atoms with van der Waals surface area (Å²) < 4.78 is 19.8. The zero-order valence-corrected chi connectivity index (χ0v) is 16.0. The van der Waals surface area contributed by atoms with Crippen molar-refractivity contribution < 1.29 is 8.63 Å². The van der Waals surface area contributed by atoms with E-state index in [1.165, 1.54) is 0 Å². The lowest BCUT2D eigenvalue weighted by Gasteiger charge is -2.04. The molecule has 0 aliphatic rings. The lowest BCUT2D eigenvalue weighted by atomic mass is 10.2. The first-order chi connectivity index (χ1) is 13.3. The van der Waals surface area contributed by atoms with Gasteiger partial charge in [0.25, 0.3) is 0 Å². The van der Waals surface area contributed by atoms with Crippen LogP contribution < -0.4 is 0 Å². The van der Waals surface area contributed by atoms with Gasteiger partial charge in [-0.3, -0.25) is 4.21 Å². The maximum Gasteiger partial charge on any atom is 0.236 e. The number of nitrogens with zero attached hydrogens (tertiary/aromatic N) is 3. The van der Waals surface area contributed by atoms with E-state index in [4.69, 9.17) is 4.42 Å². The van der Waals surface area contributed by atoms with Gasteiger partial charge < -0.3 is 8.98 Å². The fraction of sp³-hybridized carbons (Fsp3) is 0.100. The Labute approximate surface area is 163 Å². The maximum atomic E-state index is 12.4. The third-order valence-corrected chi connectivity index (χ3v) is 6.15. The lowest BCUT2D eigenvalue weighted by Crippen LogP contribution is -2.06. The van der Waals surface area contributed by atoms with E-state index in [-0.39, 0.29) is 0 Å². The summed E-state index contributed by atoms with van der Waals surface area (Å²) >= 11 is 1.60. The third kappa shape index (κ3) is 4.50. The molecule has 0 amide bonds. The van der Waals surface area contributed by atoms with Crippen LogP contribution in [0, 0.1) is 0 Å². The summed E-state index contributed by atoms with van der Waals surface area (Å²) in [6.07, 6.45) is 10.9. The molecule has 27 heavy (non-hydrogen) atoms. The van der Waals surface area contributed by atoms with Crippen LogP contribution in [0.2, 0.25) is 0 Å². The lowest BCUT2D eigenvalue weighted by molar-refractivity contribution is 0.576. The van der Waals surface area contributed by atoms with Crippen LogP contribution in [-0.4, -0.2) is 24.5 Å². The molecule has 0 aliphatic carbocycles. The van der Waals surface area contributed by atoms with Crippen LogP contribution in [0.4, 0.5) is 0 Å². The van der Waals surface area contributed by atoms with Crippen molar-refractivity contribution in [2.45, 2.75) is 11.4 Å². The summed E-state index contributed by atoms with van der Waals surface area (Å²) in [5, 5.41) is 2.00. The summed E-state index contributed by atoms with van der Waals surface area (Å²) in [7, 11) is -1.03. The van der Waals surface area contributed by atoms with Crippen molar-refractivity contribution in [2.24, 2.45) is 0 Å². The Hall–Kier alpha value is -2.77. The van der Waals surface area contributed by atoms with Gasteiger partial charge in [-0.25, -0.2) is 9.97 Å². The second-order valence-corrected chi connectivity index (χ2v) is 8.33. The highest BCUT2D eigenvalue weighted by Gasteiger charge is 2.06. The van der Waals surface area contributed by atoms with Gasteiger partial charge in [-0.05, 0) is 35.2 Å². The van der Waals surface area contributed by atoms with Crippen LogP contribution >= 0.6 is 11.3 Å². The van der Waals surface area contributed by atoms with Crippen molar-refractivity contribution in [3.63, 3.8) is 0 Å². The SMILES string of the molecule is O=S(CCn1ccnc1)c1ccc(/C=C/c2coc(-c3cccs3)n2)cc1. The number of aromatic nitrogens is 3. The molecule has 136 valence electrons. The quantitative estimate of drug-likeness (QED) is 0.460. The van der Waals surface area contributed by atoms with Crippen LogP contribution in [0.15, 0.2) is 76.1 Å². The highest BCUT2D eigenvalue weighted by Crippen LogP contribution is 2.24. The highest BCUT2D eigenvalue weighted by molar-refractivity contribution is 7.85. The molecule has 0 fully saturated rings. The molecule has 1 aromatic carbocycles. The molecule has 0 saturated heterocycles. The van der Waals surface area contributed by atoms with Gasteiger partial charge in [0.05, 0.1) is 22.0 Å². The van der Waals surface area contributed by atoms with Crippen molar-refractivity contribution in [2.75, 3.05) is 5.75 Å². The number of aryl methyl sites for hydroxylation is 1. The Balaban J connectivity index is 1.37. The smallest absolute Gasteiger partial charge is 0.236 e. The molecule has 0 N–H and O–H groups in total. The monoisotopic (exact) mass is 395 g/mol. The fourth-order valence-electron chi connectivity index (χ4n) is 2.51. The van der Waals surface area contributed by atoms with Gasteiger partial charge in [-0.2, -0.15) is 0 Å². The normalized spacial score (nSPS) is 12.6. The van der Waals surface area contributed by atoms with Crippen molar-refractivity contribution in [1.82, 2.24) is 14.5 Å². The molecule has 0 spiro atoms. The summed E-state index contributed by atoms with van der Waals surface area (Å²) in [5.41, 5.74) is 1.79. The number of hydrogen-bond acceptors (Lipinski definition) is 5. The standard InChI is InChI=1S/C20H17N3O2S2/c24-27(13-11-23-10-9-21-15-23)18-7-4-16(5-8-18)3-6-17-14-25-20(22-17)19-2-1-12-26-19/h1-10,12,14-15H,11,13H2/b6-3+. The molecule has 0 bridgehead atoms. The Morgan fingerprint density at radius 1 is 1.19 bits per heavy atom.